The highest BCUT2D eigenvalue weighted by atomic mass is 79.9. The van der Waals surface area contributed by atoms with E-state index in [0.717, 1.165) is 0 Å². The number of carbonyl (C=O) groups excluding carboxylic acids is 1. The van der Waals surface area contributed by atoms with Gasteiger partial charge in [0.15, 0.2) is 0 Å². The molecule has 2 rings (SSSR count). The number of fused-ring (bicyclic) bond motifs is 1. The first-order valence-electron chi connectivity index (χ1n) is 5.32. The molecule has 0 bridgehead atoms. The lowest BCUT2D eigenvalue weighted by molar-refractivity contribution is -0.142. The molecule has 2 heterocycles. The van der Waals surface area contributed by atoms with E-state index in [9.17, 15) is 9.59 Å². The van der Waals surface area contributed by atoms with Crippen molar-refractivity contribution in [2.45, 2.75) is 20.3 Å². The standard InChI is InChI=1S/C10H11BrN4O3/c1-3-18-7(16)4-6-13-10-12-5(2)8(11)9(17)15(10)14-6/h3-4H2,1-2H3,(H,12,13,14). The Morgan fingerprint density at radius 3 is 2.89 bits per heavy atom. The molecule has 18 heavy (non-hydrogen) atoms. The Labute approximate surface area is 110 Å². The van der Waals surface area contributed by atoms with E-state index in [1.807, 2.05) is 0 Å². The average Bonchev–Trinajstić information content (AvgIpc) is 2.69. The van der Waals surface area contributed by atoms with Gasteiger partial charge in [-0.25, -0.2) is 4.98 Å². The molecular weight excluding hydrogens is 304 g/mol. The summed E-state index contributed by atoms with van der Waals surface area (Å²) in [6.07, 6.45) is -0.0205. The normalized spacial score (nSPS) is 10.8. The van der Waals surface area contributed by atoms with Gasteiger partial charge in [-0.05, 0) is 29.8 Å². The number of aromatic nitrogens is 4. The van der Waals surface area contributed by atoms with Crippen LogP contribution in [0.1, 0.15) is 18.4 Å². The first-order valence-corrected chi connectivity index (χ1v) is 6.11. The summed E-state index contributed by atoms with van der Waals surface area (Å²) in [6.45, 7) is 3.73. The second-order valence-corrected chi connectivity index (χ2v) is 4.40. The number of nitrogens with zero attached hydrogens (tertiary/aromatic N) is 3. The van der Waals surface area contributed by atoms with Crippen LogP contribution in [-0.2, 0) is 16.0 Å². The van der Waals surface area contributed by atoms with Crippen LogP contribution in [0.2, 0.25) is 0 Å². The monoisotopic (exact) mass is 314 g/mol. The maximum Gasteiger partial charge on any atom is 0.313 e. The maximum absolute atomic E-state index is 11.9. The van der Waals surface area contributed by atoms with Crippen molar-refractivity contribution in [1.29, 1.82) is 0 Å². The predicted molar refractivity (Wildman–Crippen MR) is 66.4 cm³/mol. The molecule has 0 aliphatic heterocycles. The minimum atomic E-state index is -0.402. The SMILES string of the molecule is CCOC(=O)Cc1nc2nc(C)c(Br)c(=O)n2[nH]1. The van der Waals surface area contributed by atoms with E-state index in [4.69, 9.17) is 4.74 Å². The molecule has 0 saturated heterocycles. The molecule has 0 aromatic carbocycles. The molecule has 1 N–H and O–H groups in total. The first kappa shape index (κ1) is 12.7. The van der Waals surface area contributed by atoms with Crippen molar-refractivity contribution in [3.63, 3.8) is 0 Å². The minimum Gasteiger partial charge on any atom is -0.466 e. The number of esters is 1. The van der Waals surface area contributed by atoms with Crippen molar-refractivity contribution in [3.8, 4) is 0 Å². The van der Waals surface area contributed by atoms with Gasteiger partial charge in [0.25, 0.3) is 11.3 Å². The fraction of sp³-hybridized carbons (Fsp3) is 0.400. The van der Waals surface area contributed by atoms with Crippen molar-refractivity contribution in [2.75, 3.05) is 6.61 Å². The molecule has 0 saturated carbocycles. The Morgan fingerprint density at radius 2 is 2.22 bits per heavy atom. The lowest BCUT2D eigenvalue weighted by Gasteiger charge is -1.97. The smallest absolute Gasteiger partial charge is 0.313 e. The highest BCUT2D eigenvalue weighted by molar-refractivity contribution is 9.10. The third-order valence-corrected chi connectivity index (χ3v) is 3.18. The Kier molecular flexibility index (Phi) is 3.46. The molecule has 0 radical (unpaired) electrons. The molecule has 2 aromatic heterocycles. The van der Waals surface area contributed by atoms with Gasteiger partial charge in [0, 0.05) is 0 Å². The van der Waals surface area contributed by atoms with E-state index in [-0.39, 0.29) is 17.8 Å². The summed E-state index contributed by atoms with van der Waals surface area (Å²) >= 11 is 3.15. The topological polar surface area (TPSA) is 89.3 Å². The number of ether oxygens (including phenoxy) is 1. The first-order chi connectivity index (χ1) is 8.52. The Morgan fingerprint density at radius 1 is 1.50 bits per heavy atom. The highest BCUT2D eigenvalue weighted by Gasteiger charge is 2.13. The zero-order valence-corrected chi connectivity index (χ0v) is 11.4. The zero-order chi connectivity index (χ0) is 13.3. The molecule has 96 valence electrons. The average molecular weight is 315 g/mol. The molecule has 0 aliphatic rings. The fourth-order valence-electron chi connectivity index (χ4n) is 1.47. The number of carbonyl (C=O) groups is 1. The molecule has 0 aliphatic carbocycles. The van der Waals surface area contributed by atoms with Gasteiger partial charge >= 0.3 is 5.97 Å². The van der Waals surface area contributed by atoms with E-state index < -0.39 is 5.97 Å². The van der Waals surface area contributed by atoms with Gasteiger partial charge in [-0.15, -0.1) is 0 Å². The van der Waals surface area contributed by atoms with Crippen LogP contribution < -0.4 is 5.56 Å². The summed E-state index contributed by atoms with van der Waals surface area (Å²) in [6, 6.07) is 0. The Bertz CT molecular complexity index is 661. The largest absolute Gasteiger partial charge is 0.466 e. The summed E-state index contributed by atoms with van der Waals surface area (Å²) < 4.78 is 6.36. The van der Waals surface area contributed by atoms with Gasteiger partial charge in [-0.3, -0.25) is 14.7 Å². The molecule has 0 atom stereocenters. The number of nitrogens with one attached hydrogen (secondary N) is 1. The third kappa shape index (κ3) is 2.28. The molecule has 2 aromatic rings. The van der Waals surface area contributed by atoms with Crippen LogP contribution >= 0.6 is 15.9 Å². The van der Waals surface area contributed by atoms with Crippen molar-refractivity contribution in [2.24, 2.45) is 0 Å². The van der Waals surface area contributed by atoms with Gasteiger partial charge in [0.1, 0.15) is 16.7 Å². The van der Waals surface area contributed by atoms with Crippen LogP contribution in [0, 0.1) is 6.92 Å². The summed E-state index contributed by atoms with van der Waals surface area (Å²) in [5.74, 6) is 0.177. The van der Waals surface area contributed by atoms with E-state index in [1.54, 1.807) is 13.8 Å². The number of aromatic amines is 1. The number of aryl methyl sites for hydroxylation is 1. The second-order valence-electron chi connectivity index (χ2n) is 3.60. The van der Waals surface area contributed by atoms with Gasteiger partial charge in [0.2, 0.25) is 0 Å². The van der Waals surface area contributed by atoms with E-state index in [0.29, 0.717) is 22.6 Å². The Hall–Kier alpha value is -1.70. The van der Waals surface area contributed by atoms with E-state index in [2.05, 4.69) is 31.0 Å². The predicted octanol–water partition coefficient (Wildman–Crippen LogP) is 0.594. The van der Waals surface area contributed by atoms with Gasteiger partial charge in [0.05, 0.1) is 12.3 Å². The molecule has 7 nitrogen and oxygen atoms in total. The quantitative estimate of drug-likeness (QED) is 0.838. The highest BCUT2D eigenvalue weighted by Crippen LogP contribution is 2.08. The van der Waals surface area contributed by atoms with Gasteiger partial charge in [-0.2, -0.15) is 9.50 Å². The number of hydrogen-bond acceptors (Lipinski definition) is 5. The van der Waals surface area contributed by atoms with Gasteiger partial charge < -0.3 is 4.74 Å². The fourth-order valence-corrected chi connectivity index (χ4v) is 1.74. The summed E-state index contributed by atoms with van der Waals surface area (Å²) in [5, 5.41) is 2.72. The maximum atomic E-state index is 11.9. The molecular formula is C10H11BrN4O3. The summed E-state index contributed by atoms with van der Waals surface area (Å²) in [7, 11) is 0. The van der Waals surface area contributed by atoms with E-state index in [1.165, 1.54) is 4.52 Å². The number of halogens is 1. The van der Waals surface area contributed by atoms with Crippen LogP contribution in [0.15, 0.2) is 9.27 Å². The third-order valence-electron chi connectivity index (χ3n) is 2.27. The van der Waals surface area contributed by atoms with Crippen molar-refractivity contribution in [3.05, 3.63) is 26.3 Å². The lowest BCUT2D eigenvalue weighted by atomic mass is 10.4. The molecule has 0 fully saturated rings. The van der Waals surface area contributed by atoms with Crippen molar-refractivity contribution >= 4 is 27.7 Å². The molecule has 8 heteroatoms. The summed E-state index contributed by atoms with van der Waals surface area (Å²) in [4.78, 5) is 31.4. The van der Waals surface area contributed by atoms with E-state index >= 15 is 0 Å². The molecule has 0 spiro atoms. The van der Waals surface area contributed by atoms with Crippen LogP contribution in [0.5, 0.6) is 0 Å². The van der Waals surface area contributed by atoms with Crippen LogP contribution in [-0.4, -0.2) is 32.2 Å². The zero-order valence-electron chi connectivity index (χ0n) is 9.86. The Balaban J connectivity index is 2.42. The van der Waals surface area contributed by atoms with Crippen molar-refractivity contribution in [1.82, 2.24) is 19.6 Å². The summed E-state index contributed by atoms with van der Waals surface area (Å²) in [5.41, 5.74) is 0.259. The lowest BCUT2D eigenvalue weighted by Crippen LogP contribution is -2.17. The second kappa shape index (κ2) is 4.89. The van der Waals surface area contributed by atoms with Crippen LogP contribution in [0.25, 0.3) is 5.78 Å². The van der Waals surface area contributed by atoms with Crippen LogP contribution in [0.4, 0.5) is 0 Å². The number of H-pyrrole nitrogens is 1. The minimum absolute atomic E-state index is 0.0205. The van der Waals surface area contributed by atoms with Gasteiger partial charge in [-0.1, -0.05) is 0 Å². The van der Waals surface area contributed by atoms with Crippen LogP contribution in [0.3, 0.4) is 0 Å². The van der Waals surface area contributed by atoms with Crippen molar-refractivity contribution < 1.29 is 9.53 Å². The molecule has 0 unspecified atom stereocenters. The molecule has 0 amide bonds. The number of rotatable bonds is 3. The number of hydrogen-bond donors (Lipinski definition) is 1.